The van der Waals surface area contributed by atoms with E-state index < -0.39 is 5.41 Å². The van der Waals surface area contributed by atoms with Gasteiger partial charge in [0.15, 0.2) is 0 Å². The molecule has 1 aromatic heterocycles. The van der Waals surface area contributed by atoms with Gasteiger partial charge >= 0.3 is 0 Å². The van der Waals surface area contributed by atoms with E-state index in [9.17, 15) is 9.59 Å². The van der Waals surface area contributed by atoms with Gasteiger partial charge in [0.25, 0.3) is 0 Å². The Morgan fingerprint density at radius 1 is 1.21 bits per heavy atom. The van der Waals surface area contributed by atoms with Gasteiger partial charge in [0.2, 0.25) is 11.8 Å². The molecule has 3 atom stereocenters. The van der Waals surface area contributed by atoms with Gasteiger partial charge < -0.3 is 9.80 Å². The van der Waals surface area contributed by atoms with Crippen LogP contribution in [-0.4, -0.2) is 48.8 Å². The third kappa shape index (κ3) is 3.97. The van der Waals surface area contributed by atoms with E-state index >= 15 is 0 Å². The van der Waals surface area contributed by atoms with Crippen LogP contribution in [0.4, 0.5) is 0 Å². The lowest BCUT2D eigenvalue weighted by Gasteiger charge is -2.43. The van der Waals surface area contributed by atoms with E-state index in [1.807, 2.05) is 19.0 Å². The highest BCUT2D eigenvalue weighted by atomic mass is 32.1. The number of carbonyl (C=O) groups is 2. The van der Waals surface area contributed by atoms with E-state index in [4.69, 9.17) is 0 Å². The van der Waals surface area contributed by atoms with Crippen molar-refractivity contribution in [3.05, 3.63) is 47.3 Å². The summed E-state index contributed by atoms with van der Waals surface area (Å²) in [5.74, 6) is 1.04. The van der Waals surface area contributed by atoms with Crippen LogP contribution >= 0.6 is 11.3 Å². The number of hydrogen-bond acceptors (Lipinski definition) is 3. The summed E-state index contributed by atoms with van der Waals surface area (Å²) < 4.78 is 0. The Morgan fingerprint density at radius 2 is 1.97 bits per heavy atom. The highest BCUT2D eigenvalue weighted by Gasteiger charge is 2.48. The summed E-state index contributed by atoms with van der Waals surface area (Å²) in [4.78, 5) is 31.3. The number of piperidine rings is 1. The lowest BCUT2D eigenvalue weighted by atomic mass is 9.73. The maximum Gasteiger partial charge on any atom is 0.230 e. The SMILES string of the molecule is C[C@@H]1C[C@H]1C(=O)N1CCC[C@@](Cc2ccccc2-c2cccs2)(C(=O)N(C)C)C1. The molecule has 1 aliphatic heterocycles. The second-order valence-electron chi connectivity index (χ2n) is 8.97. The molecular formula is C24H30N2O2S. The van der Waals surface area contributed by atoms with Gasteiger partial charge in [-0.1, -0.05) is 37.3 Å². The van der Waals surface area contributed by atoms with Crippen molar-refractivity contribution >= 4 is 23.2 Å². The van der Waals surface area contributed by atoms with Crippen LogP contribution in [0.25, 0.3) is 10.4 Å². The molecule has 2 fully saturated rings. The van der Waals surface area contributed by atoms with E-state index in [0.717, 1.165) is 25.8 Å². The Hall–Kier alpha value is -2.14. The minimum Gasteiger partial charge on any atom is -0.348 e. The first-order valence-electron chi connectivity index (χ1n) is 10.5. The maximum atomic E-state index is 13.4. The van der Waals surface area contributed by atoms with E-state index in [1.165, 1.54) is 16.0 Å². The molecule has 1 saturated heterocycles. The number of hydrogen-bond donors (Lipinski definition) is 0. The lowest BCUT2D eigenvalue weighted by Crippen LogP contribution is -2.54. The molecule has 2 aromatic rings. The Morgan fingerprint density at radius 3 is 2.62 bits per heavy atom. The van der Waals surface area contributed by atoms with Gasteiger partial charge in [0.1, 0.15) is 0 Å². The number of nitrogens with zero attached hydrogens (tertiary/aromatic N) is 2. The van der Waals surface area contributed by atoms with Crippen molar-refractivity contribution in [3.8, 4) is 10.4 Å². The van der Waals surface area contributed by atoms with Crippen LogP contribution in [0.2, 0.25) is 0 Å². The average molecular weight is 411 g/mol. The molecule has 2 heterocycles. The van der Waals surface area contributed by atoms with Gasteiger partial charge in [-0.25, -0.2) is 0 Å². The smallest absolute Gasteiger partial charge is 0.230 e. The zero-order valence-electron chi connectivity index (χ0n) is 17.6. The normalized spacial score (nSPS) is 26.2. The molecule has 29 heavy (non-hydrogen) atoms. The molecule has 5 heteroatoms. The molecule has 4 rings (SSSR count). The van der Waals surface area contributed by atoms with Gasteiger partial charge in [0, 0.05) is 38.0 Å². The van der Waals surface area contributed by atoms with Gasteiger partial charge in [-0.15, -0.1) is 11.3 Å². The largest absolute Gasteiger partial charge is 0.348 e. The average Bonchev–Trinajstić information content (AvgIpc) is 3.21. The fraction of sp³-hybridized carbons (Fsp3) is 0.500. The minimum atomic E-state index is -0.553. The van der Waals surface area contributed by atoms with E-state index in [-0.39, 0.29) is 17.7 Å². The Labute approximate surface area is 177 Å². The highest BCUT2D eigenvalue weighted by Crippen LogP contribution is 2.43. The molecule has 0 spiro atoms. The highest BCUT2D eigenvalue weighted by molar-refractivity contribution is 7.13. The van der Waals surface area contributed by atoms with E-state index in [2.05, 4.69) is 48.7 Å². The van der Waals surface area contributed by atoms with Crippen molar-refractivity contribution in [2.75, 3.05) is 27.2 Å². The molecule has 0 N–H and O–H groups in total. The summed E-state index contributed by atoms with van der Waals surface area (Å²) in [7, 11) is 3.66. The number of thiophene rings is 1. The Balaban J connectivity index is 1.66. The van der Waals surface area contributed by atoms with Crippen molar-refractivity contribution in [2.45, 2.75) is 32.6 Å². The standard InChI is InChI=1S/C24H30N2O2S/c1-17-14-20(17)22(27)26-12-7-11-24(16-26,23(28)25(2)3)15-18-8-4-5-9-19(18)21-10-6-13-29-21/h4-6,8-10,13,17,20H,7,11-12,14-16H2,1-3H3/t17-,20-,24+/m1/s1. The number of benzene rings is 1. The zero-order chi connectivity index (χ0) is 20.6. The van der Waals surface area contributed by atoms with Crippen LogP contribution in [0.1, 0.15) is 31.7 Å². The quantitative estimate of drug-likeness (QED) is 0.737. The van der Waals surface area contributed by atoms with Crippen molar-refractivity contribution in [1.29, 1.82) is 0 Å². The first-order chi connectivity index (χ1) is 13.9. The fourth-order valence-electron chi connectivity index (χ4n) is 4.80. The lowest BCUT2D eigenvalue weighted by molar-refractivity contribution is -0.147. The summed E-state index contributed by atoms with van der Waals surface area (Å²) >= 11 is 1.72. The molecule has 1 aliphatic carbocycles. The van der Waals surface area contributed by atoms with E-state index in [0.29, 0.717) is 18.9 Å². The van der Waals surface area contributed by atoms with E-state index in [1.54, 1.807) is 16.2 Å². The first-order valence-corrected chi connectivity index (χ1v) is 11.4. The number of carbonyl (C=O) groups excluding carboxylic acids is 2. The van der Waals surface area contributed by atoms with Gasteiger partial charge in [-0.2, -0.15) is 0 Å². The summed E-state index contributed by atoms with van der Waals surface area (Å²) in [6, 6.07) is 12.6. The van der Waals surface area contributed by atoms with Crippen molar-refractivity contribution < 1.29 is 9.59 Å². The summed E-state index contributed by atoms with van der Waals surface area (Å²) in [5, 5.41) is 2.09. The van der Waals surface area contributed by atoms with Crippen LogP contribution in [0.5, 0.6) is 0 Å². The topological polar surface area (TPSA) is 40.6 Å². The van der Waals surface area contributed by atoms with Crippen molar-refractivity contribution in [3.63, 3.8) is 0 Å². The summed E-state index contributed by atoms with van der Waals surface area (Å²) in [6.07, 6.45) is 3.37. The second-order valence-corrected chi connectivity index (χ2v) is 9.92. The monoisotopic (exact) mass is 410 g/mol. The second kappa shape index (κ2) is 7.94. The summed E-state index contributed by atoms with van der Waals surface area (Å²) in [6.45, 7) is 3.45. The first kappa shape index (κ1) is 20.1. The molecule has 154 valence electrons. The number of amides is 2. The van der Waals surface area contributed by atoms with Gasteiger partial charge in [-0.3, -0.25) is 9.59 Å². The molecule has 1 aromatic carbocycles. The van der Waals surface area contributed by atoms with Crippen LogP contribution in [-0.2, 0) is 16.0 Å². The number of rotatable bonds is 5. The third-order valence-electron chi connectivity index (χ3n) is 6.51. The predicted molar refractivity (Wildman–Crippen MR) is 118 cm³/mol. The Kier molecular flexibility index (Phi) is 5.52. The predicted octanol–water partition coefficient (Wildman–Crippen LogP) is 4.31. The zero-order valence-corrected chi connectivity index (χ0v) is 18.4. The van der Waals surface area contributed by atoms with Crippen LogP contribution in [0.3, 0.4) is 0 Å². The molecule has 2 aliphatic rings. The molecule has 0 radical (unpaired) electrons. The Bertz CT molecular complexity index is 892. The number of likely N-dealkylation sites (tertiary alicyclic amines) is 1. The molecule has 4 nitrogen and oxygen atoms in total. The molecule has 1 saturated carbocycles. The third-order valence-corrected chi connectivity index (χ3v) is 7.41. The molecule has 0 unspecified atom stereocenters. The van der Waals surface area contributed by atoms with Crippen LogP contribution in [0, 0.1) is 17.3 Å². The van der Waals surface area contributed by atoms with Crippen molar-refractivity contribution in [1.82, 2.24) is 9.80 Å². The van der Waals surface area contributed by atoms with Crippen molar-refractivity contribution in [2.24, 2.45) is 17.3 Å². The molecule has 2 amide bonds. The van der Waals surface area contributed by atoms with Crippen LogP contribution in [0.15, 0.2) is 41.8 Å². The molecular weight excluding hydrogens is 380 g/mol. The maximum absolute atomic E-state index is 13.4. The van der Waals surface area contributed by atoms with Crippen LogP contribution < -0.4 is 0 Å². The van der Waals surface area contributed by atoms with Gasteiger partial charge in [0.05, 0.1) is 5.41 Å². The summed E-state index contributed by atoms with van der Waals surface area (Å²) in [5.41, 5.74) is 1.84. The minimum absolute atomic E-state index is 0.139. The fourth-order valence-corrected chi connectivity index (χ4v) is 5.59. The molecule has 0 bridgehead atoms. The van der Waals surface area contributed by atoms with Gasteiger partial charge in [-0.05, 0) is 54.2 Å².